The Morgan fingerprint density at radius 1 is 0.909 bits per heavy atom. The molecule has 0 radical (unpaired) electrons. The molecule has 0 aliphatic rings. The molecule has 0 aromatic carbocycles. The van der Waals surface area contributed by atoms with E-state index in [2.05, 4.69) is 0 Å². The molecule has 5 nitrogen and oxygen atoms in total. The number of hydrogen-bond acceptors (Lipinski definition) is 3. The van der Waals surface area contributed by atoms with E-state index in [-0.39, 0.29) is 25.8 Å². The second-order valence-corrected chi connectivity index (χ2v) is 10.4. The topological polar surface area (TPSA) is 83.5 Å². The van der Waals surface area contributed by atoms with E-state index in [9.17, 15) is 57.1 Å². The Morgan fingerprint density at radius 3 is 1.79 bits per heavy atom. The fourth-order valence-corrected chi connectivity index (χ4v) is 4.14. The van der Waals surface area contributed by atoms with Gasteiger partial charge in [-0.05, 0) is 31.1 Å². The van der Waals surface area contributed by atoms with Crippen molar-refractivity contribution in [3.05, 3.63) is 0 Å². The summed E-state index contributed by atoms with van der Waals surface area (Å²) in [6.07, 6.45) is -24.2. The van der Waals surface area contributed by atoms with Gasteiger partial charge in [-0.15, -0.1) is 0 Å². The molecular weight excluding hydrogens is 504 g/mol. The summed E-state index contributed by atoms with van der Waals surface area (Å²) in [5, 5.41) is 8.75. The molecule has 0 aliphatic carbocycles. The van der Waals surface area contributed by atoms with Crippen molar-refractivity contribution in [1.29, 1.82) is 0 Å². The highest BCUT2D eigenvalue weighted by Gasteiger charge is 2.73. The van der Waals surface area contributed by atoms with Gasteiger partial charge in [0.2, 0.25) is 10.0 Å². The average molecular weight is 529 g/mol. The highest BCUT2D eigenvalue weighted by molar-refractivity contribution is 7.89. The zero-order valence-corrected chi connectivity index (χ0v) is 18.4. The van der Waals surface area contributed by atoms with E-state index in [1.807, 2.05) is 4.72 Å². The van der Waals surface area contributed by atoms with E-state index in [4.69, 9.17) is 5.11 Å². The average Bonchev–Trinajstić information content (AvgIpc) is 2.53. The number of sulfonamides is 1. The van der Waals surface area contributed by atoms with Crippen LogP contribution in [0.5, 0.6) is 0 Å². The normalized spacial score (nSPS) is 15.5. The molecule has 0 aromatic heterocycles. The van der Waals surface area contributed by atoms with Crippen LogP contribution in [0.15, 0.2) is 0 Å². The van der Waals surface area contributed by atoms with Gasteiger partial charge < -0.3 is 5.11 Å². The summed E-state index contributed by atoms with van der Waals surface area (Å²) in [7, 11) is -4.24. The predicted molar refractivity (Wildman–Crippen MR) is 96.4 cm³/mol. The van der Waals surface area contributed by atoms with Crippen LogP contribution in [0, 0.1) is 11.3 Å². The second kappa shape index (κ2) is 11.0. The number of halogens is 10. The van der Waals surface area contributed by atoms with Crippen molar-refractivity contribution >= 4 is 16.0 Å². The molecule has 33 heavy (non-hydrogen) atoms. The lowest BCUT2D eigenvalue weighted by Gasteiger charge is -2.33. The molecule has 0 saturated carbocycles. The van der Waals surface area contributed by atoms with Gasteiger partial charge in [-0.2, -0.15) is 39.5 Å². The van der Waals surface area contributed by atoms with E-state index in [1.54, 1.807) is 13.8 Å². The number of carboxylic acids is 1. The van der Waals surface area contributed by atoms with E-state index in [0.717, 1.165) is 0 Å². The smallest absolute Gasteiger partial charge is 0.431 e. The lowest BCUT2D eigenvalue weighted by molar-refractivity contribution is -0.352. The van der Waals surface area contributed by atoms with Crippen molar-refractivity contribution in [3.63, 3.8) is 0 Å². The summed E-state index contributed by atoms with van der Waals surface area (Å²) >= 11 is 0. The van der Waals surface area contributed by atoms with E-state index in [0.29, 0.717) is 0 Å². The molecule has 198 valence electrons. The van der Waals surface area contributed by atoms with Crippen molar-refractivity contribution in [2.75, 3.05) is 12.3 Å². The van der Waals surface area contributed by atoms with Crippen LogP contribution in [0.3, 0.4) is 0 Å². The number of alkyl halides is 10. The first-order valence-corrected chi connectivity index (χ1v) is 11.2. The molecule has 0 spiro atoms. The summed E-state index contributed by atoms with van der Waals surface area (Å²) in [5.41, 5.74) is -6.78. The predicted octanol–water partition coefficient (Wildman–Crippen LogP) is 5.37. The van der Waals surface area contributed by atoms with Gasteiger partial charge in [0, 0.05) is 13.0 Å². The molecule has 16 heteroatoms. The fraction of sp³-hybridized carbons (Fsp3) is 0.941. The zero-order valence-electron chi connectivity index (χ0n) is 17.6. The summed E-state index contributed by atoms with van der Waals surface area (Å²) in [6, 6.07) is 0. The van der Waals surface area contributed by atoms with Crippen LogP contribution in [0.1, 0.15) is 52.4 Å². The van der Waals surface area contributed by atoms with Crippen molar-refractivity contribution in [1.82, 2.24) is 4.72 Å². The minimum absolute atomic E-state index is 0.159. The van der Waals surface area contributed by atoms with Crippen LogP contribution in [-0.2, 0) is 14.8 Å². The van der Waals surface area contributed by atoms with Crippen molar-refractivity contribution in [2.45, 2.75) is 76.6 Å². The third-order valence-electron chi connectivity index (χ3n) is 4.84. The molecule has 0 aromatic rings. The molecule has 0 rings (SSSR count). The van der Waals surface area contributed by atoms with Gasteiger partial charge in [-0.3, -0.25) is 4.79 Å². The molecule has 1 unspecified atom stereocenters. The molecule has 0 bridgehead atoms. The SMILES string of the molecule is CC(C)(CCCNS(=O)(=O)CCCC(CC(F)(C(F)(F)F)C(F)(F)F)C(F)(F)F)CC(=O)O. The fourth-order valence-electron chi connectivity index (χ4n) is 3.00. The van der Waals surface area contributed by atoms with Crippen LogP contribution in [-0.4, -0.2) is 56.0 Å². The van der Waals surface area contributed by atoms with Gasteiger partial charge >= 0.3 is 24.5 Å². The minimum atomic E-state index is -6.66. The maximum Gasteiger partial charge on any atom is 0.431 e. The molecule has 0 fully saturated rings. The largest absolute Gasteiger partial charge is 0.481 e. The van der Waals surface area contributed by atoms with Gasteiger partial charge in [0.1, 0.15) is 0 Å². The molecule has 0 aliphatic heterocycles. The summed E-state index contributed by atoms with van der Waals surface area (Å²) < 4.78 is 154. The van der Waals surface area contributed by atoms with Crippen LogP contribution in [0.4, 0.5) is 43.9 Å². The molecule has 2 N–H and O–H groups in total. The Labute approximate surface area is 184 Å². The summed E-state index contributed by atoms with van der Waals surface area (Å²) in [6.45, 7) is 3.00. The van der Waals surface area contributed by atoms with Crippen LogP contribution >= 0.6 is 0 Å². The van der Waals surface area contributed by atoms with Crippen molar-refractivity contribution in [2.24, 2.45) is 11.3 Å². The summed E-state index contributed by atoms with van der Waals surface area (Å²) in [4.78, 5) is 10.7. The van der Waals surface area contributed by atoms with Crippen LogP contribution in [0.2, 0.25) is 0 Å². The summed E-state index contributed by atoms with van der Waals surface area (Å²) in [5.74, 6) is -5.51. The first kappa shape index (κ1) is 31.7. The Hall–Kier alpha value is -1.32. The van der Waals surface area contributed by atoms with Gasteiger partial charge in [0.25, 0.3) is 5.67 Å². The maximum atomic E-state index is 13.7. The third-order valence-corrected chi connectivity index (χ3v) is 6.31. The molecule has 1 atom stereocenters. The van der Waals surface area contributed by atoms with E-state index < -0.39 is 76.5 Å². The quantitative estimate of drug-likeness (QED) is 0.248. The van der Waals surface area contributed by atoms with Crippen molar-refractivity contribution < 1.29 is 62.2 Å². The number of nitrogens with one attached hydrogen (secondary N) is 1. The second-order valence-electron chi connectivity index (χ2n) is 8.43. The molecule has 0 saturated heterocycles. The number of aliphatic carboxylic acids is 1. The highest BCUT2D eigenvalue weighted by atomic mass is 32.2. The van der Waals surface area contributed by atoms with Crippen molar-refractivity contribution in [3.8, 4) is 0 Å². The first-order chi connectivity index (χ1) is 14.4. The van der Waals surface area contributed by atoms with Gasteiger partial charge in [0.05, 0.1) is 18.1 Å². The van der Waals surface area contributed by atoms with E-state index >= 15 is 0 Å². The molecule has 0 amide bonds. The van der Waals surface area contributed by atoms with Crippen LogP contribution < -0.4 is 4.72 Å². The Morgan fingerprint density at radius 2 is 1.39 bits per heavy atom. The molecular formula is C17H25F10NO4S. The minimum Gasteiger partial charge on any atom is -0.481 e. The number of hydrogen-bond donors (Lipinski definition) is 2. The Kier molecular flexibility index (Phi) is 10.5. The molecule has 0 heterocycles. The lowest BCUT2D eigenvalue weighted by atomic mass is 9.84. The van der Waals surface area contributed by atoms with Crippen LogP contribution in [0.25, 0.3) is 0 Å². The maximum absolute atomic E-state index is 13.7. The van der Waals surface area contributed by atoms with Gasteiger partial charge in [-0.25, -0.2) is 17.5 Å². The highest BCUT2D eigenvalue weighted by Crippen LogP contribution is 2.52. The zero-order chi connectivity index (χ0) is 26.5. The Bertz CT molecular complexity index is 730. The van der Waals surface area contributed by atoms with Gasteiger partial charge in [-0.1, -0.05) is 13.8 Å². The number of carbonyl (C=O) groups is 1. The Balaban J connectivity index is 5.00. The number of carboxylic acid groups (broad SMARTS) is 1. The number of rotatable bonds is 13. The van der Waals surface area contributed by atoms with E-state index in [1.165, 1.54) is 0 Å². The monoisotopic (exact) mass is 529 g/mol. The standard InChI is InChI=1S/C17H25F10NO4S/c1-13(2,10-12(29)30)6-4-7-28-33(31,32)8-3-5-11(15(19,20)21)9-14(18,16(22,23)24)17(25,26)27/h11,28H,3-10H2,1-2H3,(H,29,30). The lowest BCUT2D eigenvalue weighted by Crippen LogP contribution is -2.55. The van der Waals surface area contributed by atoms with Gasteiger partial charge in [0.15, 0.2) is 0 Å². The first-order valence-electron chi connectivity index (χ1n) is 9.52. The third kappa shape index (κ3) is 10.6.